The van der Waals surface area contributed by atoms with Crippen LogP contribution in [0.1, 0.15) is 25.7 Å². The van der Waals surface area contributed by atoms with Crippen LogP contribution in [0.2, 0.25) is 0 Å². The molecule has 0 aromatic heterocycles. The Morgan fingerprint density at radius 1 is 1.29 bits per heavy atom. The van der Waals surface area contributed by atoms with Gasteiger partial charge in [0.2, 0.25) is 0 Å². The number of urea groups is 1. The van der Waals surface area contributed by atoms with Crippen LogP contribution in [0.5, 0.6) is 0 Å². The van der Waals surface area contributed by atoms with Gasteiger partial charge in [0.05, 0.1) is 11.5 Å². The van der Waals surface area contributed by atoms with E-state index in [9.17, 15) is 18.0 Å². The fraction of sp³-hybridized carbons (Fsp3) is 0.692. The Kier molecular flexibility index (Phi) is 4.87. The van der Waals surface area contributed by atoms with Gasteiger partial charge in [0, 0.05) is 12.1 Å². The van der Waals surface area contributed by atoms with Crippen LogP contribution in [0.3, 0.4) is 0 Å². The molecule has 0 bridgehead atoms. The number of rotatable bonds is 4. The number of aliphatic carboxylic acids is 1. The van der Waals surface area contributed by atoms with Gasteiger partial charge in [0.25, 0.3) is 0 Å². The van der Waals surface area contributed by atoms with Crippen molar-refractivity contribution in [2.75, 3.05) is 18.1 Å². The van der Waals surface area contributed by atoms with Gasteiger partial charge < -0.3 is 15.3 Å². The number of carbonyl (C=O) groups excluding carboxylic acids is 1. The normalized spacial score (nSPS) is 27.2. The lowest BCUT2D eigenvalue weighted by Crippen LogP contribution is -2.51. The summed E-state index contributed by atoms with van der Waals surface area (Å²) in [6.45, 7) is -0.478. The van der Waals surface area contributed by atoms with Crippen molar-refractivity contribution in [3.63, 3.8) is 0 Å². The Labute approximate surface area is 123 Å². The van der Waals surface area contributed by atoms with E-state index in [1.165, 1.54) is 0 Å². The molecule has 0 aromatic carbocycles. The fourth-order valence-electron chi connectivity index (χ4n) is 2.72. The molecule has 2 aliphatic rings. The van der Waals surface area contributed by atoms with E-state index in [-0.39, 0.29) is 17.5 Å². The molecule has 7 nitrogen and oxygen atoms in total. The zero-order chi connectivity index (χ0) is 15.5. The van der Waals surface area contributed by atoms with Crippen LogP contribution in [0.4, 0.5) is 4.79 Å². The molecule has 2 atom stereocenters. The summed E-state index contributed by atoms with van der Waals surface area (Å²) in [6, 6.07) is -1.05. The second-order valence-corrected chi connectivity index (χ2v) is 7.74. The summed E-state index contributed by atoms with van der Waals surface area (Å²) in [5, 5.41) is 11.8. The third-order valence-corrected chi connectivity index (χ3v) is 5.56. The molecule has 2 N–H and O–H groups in total. The first kappa shape index (κ1) is 15.8. The predicted molar refractivity (Wildman–Crippen MR) is 76.7 cm³/mol. The number of nitrogens with zero attached hydrogens (tertiary/aromatic N) is 1. The van der Waals surface area contributed by atoms with E-state index in [1.807, 2.05) is 12.2 Å². The number of hydrogen-bond acceptors (Lipinski definition) is 4. The van der Waals surface area contributed by atoms with Crippen molar-refractivity contribution in [3.05, 3.63) is 12.2 Å². The number of carboxylic acids is 1. The standard InChI is InChI=1S/C13H20N2O5S/c16-12(17)8-15(11-6-7-21(19,20)9-11)13(18)14-10-4-2-1-3-5-10/h1-2,10-11H,3-9H2,(H,14,18)(H,16,17). The van der Waals surface area contributed by atoms with Gasteiger partial charge in [0.1, 0.15) is 6.54 Å². The monoisotopic (exact) mass is 316 g/mol. The van der Waals surface area contributed by atoms with Crippen molar-refractivity contribution in [3.8, 4) is 0 Å². The number of hydrogen-bond donors (Lipinski definition) is 2. The summed E-state index contributed by atoms with van der Waals surface area (Å²) < 4.78 is 23.1. The maximum absolute atomic E-state index is 12.3. The summed E-state index contributed by atoms with van der Waals surface area (Å²) in [4.78, 5) is 24.4. The van der Waals surface area contributed by atoms with Gasteiger partial charge in [-0.2, -0.15) is 0 Å². The maximum atomic E-state index is 12.3. The van der Waals surface area contributed by atoms with Crippen LogP contribution < -0.4 is 5.32 Å². The van der Waals surface area contributed by atoms with E-state index in [0.717, 1.165) is 24.2 Å². The fourth-order valence-corrected chi connectivity index (χ4v) is 4.45. The molecular formula is C13H20N2O5S. The Balaban J connectivity index is 2.02. The molecule has 8 heteroatoms. The molecule has 0 spiro atoms. The molecule has 1 aliphatic carbocycles. The number of carboxylic acid groups (broad SMARTS) is 1. The summed E-state index contributed by atoms with van der Waals surface area (Å²) in [5.74, 6) is -1.29. The number of amides is 2. The molecule has 2 rings (SSSR count). The number of carbonyl (C=O) groups is 2. The van der Waals surface area contributed by atoms with Crippen molar-refractivity contribution in [2.24, 2.45) is 0 Å². The third kappa shape index (κ3) is 4.45. The molecule has 2 unspecified atom stereocenters. The lowest BCUT2D eigenvalue weighted by Gasteiger charge is -2.29. The second-order valence-electron chi connectivity index (χ2n) is 5.51. The van der Waals surface area contributed by atoms with E-state index in [0.29, 0.717) is 6.42 Å². The Morgan fingerprint density at radius 2 is 2.05 bits per heavy atom. The van der Waals surface area contributed by atoms with Crippen molar-refractivity contribution in [1.82, 2.24) is 10.2 Å². The number of allylic oxidation sites excluding steroid dienone is 1. The summed E-state index contributed by atoms with van der Waals surface area (Å²) in [7, 11) is -3.17. The van der Waals surface area contributed by atoms with Gasteiger partial charge in [-0.1, -0.05) is 12.2 Å². The molecule has 1 aliphatic heterocycles. The van der Waals surface area contributed by atoms with Crippen molar-refractivity contribution >= 4 is 21.8 Å². The zero-order valence-electron chi connectivity index (χ0n) is 11.7. The Morgan fingerprint density at radius 3 is 2.57 bits per heavy atom. The second kappa shape index (κ2) is 6.46. The third-order valence-electron chi connectivity index (χ3n) is 3.81. The van der Waals surface area contributed by atoms with Gasteiger partial charge in [-0.25, -0.2) is 13.2 Å². The minimum absolute atomic E-state index is 0.00717. The number of nitrogens with one attached hydrogen (secondary N) is 1. The molecule has 0 radical (unpaired) electrons. The van der Waals surface area contributed by atoms with Crippen LogP contribution >= 0.6 is 0 Å². The van der Waals surface area contributed by atoms with Crippen molar-refractivity contribution in [2.45, 2.75) is 37.8 Å². The van der Waals surface area contributed by atoms with Crippen LogP contribution in [0, 0.1) is 0 Å². The highest BCUT2D eigenvalue weighted by atomic mass is 32.2. The highest BCUT2D eigenvalue weighted by Crippen LogP contribution is 2.19. The van der Waals surface area contributed by atoms with Gasteiger partial charge in [0.15, 0.2) is 9.84 Å². The number of sulfone groups is 1. The van der Waals surface area contributed by atoms with E-state index < -0.39 is 34.4 Å². The molecule has 1 fully saturated rings. The lowest BCUT2D eigenvalue weighted by atomic mass is 10.0. The first-order valence-corrected chi connectivity index (χ1v) is 8.84. The Hall–Kier alpha value is -1.57. The van der Waals surface area contributed by atoms with Crippen LogP contribution in [-0.2, 0) is 14.6 Å². The van der Waals surface area contributed by atoms with Gasteiger partial charge in [-0.3, -0.25) is 4.79 Å². The topological polar surface area (TPSA) is 104 Å². The molecule has 1 heterocycles. The van der Waals surface area contributed by atoms with E-state index in [2.05, 4.69) is 5.32 Å². The lowest BCUT2D eigenvalue weighted by molar-refractivity contribution is -0.138. The molecule has 118 valence electrons. The molecular weight excluding hydrogens is 296 g/mol. The van der Waals surface area contributed by atoms with Gasteiger partial charge >= 0.3 is 12.0 Å². The maximum Gasteiger partial charge on any atom is 0.323 e. The average molecular weight is 316 g/mol. The first-order chi connectivity index (χ1) is 9.87. The van der Waals surface area contributed by atoms with Gasteiger partial charge in [-0.15, -0.1) is 0 Å². The Bertz CT molecular complexity index is 543. The minimum Gasteiger partial charge on any atom is -0.480 e. The highest BCUT2D eigenvalue weighted by molar-refractivity contribution is 7.91. The molecule has 2 amide bonds. The van der Waals surface area contributed by atoms with E-state index >= 15 is 0 Å². The summed E-state index contributed by atoms with van der Waals surface area (Å²) >= 11 is 0. The van der Waals surface area contributed by atoms with Crippen molar-refractivity contribution in [1.29, 1.82) is 0 Å². The van der Waals surface area contributed by atoms with Crippen molar-refractivity contribution < 1.29 is 23.1 Å². The van der Waals surface area contributed by atoms with Crippen LogP contribution in [0.25, 0.3) is 0 Å². The zero-order valence-corrected chi connectivity index (χ0v) is 12.5. The van der Waals surface area contributed by atoms with E-state index in [4.69, 9.17) is 5.11 Å². The predicted octanol–water partition coefficient (Wildman–Crippen LogP) is 0.378. The molecule has 0 aromatic rings. The summed E-state index contributed by atoms with van der Waals surface area (Å²) in [5.41, 5.74) is 0. The minimum atomic E-state index is -3.17. The highest BCUT2D eigenvalue weighted by Gasteiger charge is 2.36. The first-order valence-electron chi connectivity index (χ1n) is 7.02. The summed E-state index contributed by atoms with van der Waals surface area (Å²) in [6.07, 6.45) is 6.73. The molecule has 0 saturated carbocycles. The smallest absolute Gasteiger partial charge is 0.323 e. The van der Waals surface area contributed by atoms with Gasteiger partial charge in [-0.05, 0) is 25.7 Å². The molecule has 1 saturated heterocycles. The van der Waals surface area contributed by atoms with Crippen LogP contribution in [0.15, 0.2) is 12.2 Å². The SMILES string of the molecule is O=C(O)CN(C(=O)NC1CC=CCC1)C1CCS(=O)(=O)C1. The van der Waals surface area contributed by atoms with E-state index in [1.54, 1.807) is 0 Å². The largest absolute Gasteiger partial charge is 0.480 e. The quantitative estimate of drug-likeness (QED) is 0.730. The molecule has 21 heavy (non-hydrogen) atoms. The average Bonchev–Trinajstić information content (AvgIpc) is 2.77. The van der Waals surface area contributed by atoms with Crippen LogP contribution in [-0.4, -0.2) is 60.6 Å².